The molecular weight excluding hydrogens is 367 g/mol. The summed E-state index contributed by atoms with van der Waals surface area (Å²) in [7, 11) is 0. The quantitative estimate of drug-likeness (QED) is 0.348. The third-order valence-corrected chi connectivity index (χ3v) is 4.68. The van der Waals surface area contributed by atoms with Gasteiger partial charge in [0.15, 0.2) is 0 Å². The molecule has 0 aliphatic rings. The number of aromatic nitrogens is 4. The van der Waals surface area contributed by atoms with Crippen LogP contribution in [0.25, 0.3) is 27.6 Å². The summed E-state index contributed by atoms with van der Waals surface area (Å²) >= 11 is 6.39. The van der Waals surface area contributed by atoms with Crippen molar-refractivity contribution in [1.82, 2.24) is 19.7 Å². The van der Waals surface area contributed by atoms with E-state index < -0.39 is 5.82 Å². The smallest absolute Gasteiger partial charge is 0.149 e. The average molecular weight is 385 g/mol. The number of benzene rings is 1. The first-order chi connectivity index (χ1) is 13.1. The van der Waals surface area contributed by atoms with E-state index in [0.29, 0.717) is 45.1 Å². The van der Waals surface area contributed by atoms with E-state index in [-0.39, 0.29) is 5.69 Å². The van der Waals surface area contributed by atoms with Gasteiger partial charge in [0.25, 0.3) is 0 Å². The van der Waals surface area contributed by atoms with E-state index in [1.54, 1.807) is 24.4 Å². The Bertz CT molecular complexity index is 1140. The van der Waals surface area contributed by atoms with Gasteiger partial charge in [-0.3, -0.25) is 4.98 Å². The zero-order valence-electron chi connectivity index (χ0n) is 15.0. The summed E-state index contributed by atoms with van der Waals surface area (Å²) in [5, 5.41) is 5.52. The molecule has 0 bridgehead atoms. The highest BCUT2D eigenvalue weighted by Crippen LogP contribution is 2.33. The van der Waals surface area contributed by atoms with Gasteiger partial charge in [0, 0.05) is 12.3 Å². The lowest BCUT2D eigenvalue weighted by Gasteiger charge is -2.10. The summed E-state index contributed by atoms with van der Waals surface area (Å²) < 4.78 is 22.0. The van der Waals surface area contributed by atoms with Gasteiger partial charge in [0.05, 0.1) is 23.2 Å². The first-order valence-electron chi connectivity index (χ1n) is 8.82. The molecule has 0 radical (unpaired) electrons. The van der Waals surface area contributed by atoms with Crippen molar-refractivity contribution in [3.8, 4) is 11.4 Å². The summed E-state index contributed by atoms with van der Waals surface area (Å²) in [4.78, 5) is 8.82. The second-order valence-corrected chi connectivity index (χ2v) is 6.67. The molecule has 3 aromatic heterocycles. The zero-order valence-corrected chi connectivity index (χ0v) is 15.8. The van der Waals surface area contributed by atoms with Gasteiger partial charge in [-0.25, -0.2) is 14.1 Å². The second kappa shape index (κ2) is 7.12. The SMILES string of the molecule is CCCCOc1ccc(F)c(-n2nc(C)c3c(Cl)nc4cccnc4c32)c1. The molecule has 0 N–H and O–H groups in total. The summed E-state index contributed by atoms with van der Waals surface area (Å²) in [6, 6.07) is 8.27. The molecule has 0 spiro atoms. The van der Waals surface area contributed by atoms with Crippen molar-refractivity contribution in [2.75, 3.05) is 6.61 Å². The van der Waals surface area contributed by atoms with Crippen molar-refractivity contribution in [3.63, 3.8) is 0 Å². The van der Waals surface area contributed by atoms with Gasteiger partial charge in [0.2, 0.25) is 0 Å². The number of halogens is 2. The van der Waals surface area contributed by atoms with E-state index in [1.165, 1.54) is 10.7 Å². The Kier molecular flexibility index (Phi) is 4.66. The van der Waals surface area contributed by atoms with Gasteiger partial charge >= 0.3 is 0 Å². The topological polar surface area (TPSA) is 52.8 Å². The fourth-order valence-electron chi connectivity index (χ4n) is 3.08. The van der Waals surface area contributed by atoms with E-state index in [4.69, 9.17) is 16.3 Å². The van der Waals surface area contributed by atoms with Crippen molar-refractivity contribution >= 4 is 33.5 Å². The molecule has 27 heavy (non-hydrogen) atoms. The third-order valence-electron chi connectivity index (χ3n) is 4.41. The number of unbranched alkanes of at least 4 members (excludes halogenated alkanes) is 1. The highest BCUT2D eigenvalue weighted by molar-refractivity contribution is 6.35. The van der Waals surface area contributed by atoms with Gasteiger partial charge in [0.1, 0.15) is 33.4 Å². The Labute approximate surface area is 160 Å². The molecule has 0 unspecified atom stereocenters. The first-order valence-corrected chi connectivity index (χ1v) is 9.20. The maximum Gasteiger partial charge on any atom is 0.149 e. The minimum absolute atomic E-state index is 0.288. The number of hydrogen-bond donors (Lipinski definition) is 0. The predicted molar refractivity (Wildman–Crippen MR) is 104 cm³/mol. The molecule has 4 rings (SSSR count). The molecule has 4 aromatic rings. The highest BCUT2D eigenvalue weighted by Gasteiger charge is 2.20. The van der Waals surface area contributed by atoms with Crippen LogP contribution in [0.5, 0.6) is 5.75 Å². The first kappa shape index (κ1) is 17.7. The number of pyridine rings is 2. The van der Waals surface area contributed by atoms with Gasteiger partial charge < -0.3 is 4.74 Å². The van der Waals surface area contributed by atoms with Crippen LogP contribution in [-0.2, 0) is 0 Å². The molecule has 0 amide bonds. The van der Waals surface area contributed by atoms with Crippen LogP contribution in [0.4, 0.5) is 4.39 Å². The Balaban J connectivity index is 1.96. The number of hydrogen-bond acceptors (Lipinski definition) is 4. The van der Waals surface area contributed by atoms with Gasteiger partial charge in [-0.05, 0) is 37.6 Å². The Morgan fingerprint density at radius 2 is 2.11 bits per heavy atom. The van der Waals surface area contributed by atoms with Crippen LogP contribution in [0, 0.1) is 12.7 Å². The highest BCUT2D eigenvalue weighted by atomic mass is 35.5. The number of aryl methyl sites for hydroxylation is 1. The van der Waals surface area contributed by atoms with E-state index in [2.05, 4.69) is 22.0 Å². The van der Waals surface area contributed by atoms with E-state index >= 15 is 0 Å². The Morgan fingerprint density at radius 1 is 1.26 bits per heavy atom. The van der Waals surface area contributed by atoms with Crippen LogP contribution >= 0.6 is 11.6 Å². The largest absolute Gasteiger partial charge is 0.494 e. The molecular formula is C20H18ClFN4O. The van der Waals surface area contributed by atoms with Crippen LogP contribution in [0.3, 0.4) is 0 Å². The number of nitrogens with zero attached hydrogens (tertiary/aromatic N) is 4. The lowest BCUT2D eigenvalue weighted by molar-refractivity contribution is 0.309. The molecule has 0 aliphatic carbocycles. The normalized spacial score (nSPS) is 11.4. The minimum Gasteiger partial charge on any atom is -0.494 e. The summed E-state index contributed by atoms with van der Waals surface area (Å²) in [5.41, 5.74) is 2.83. The van der Waals surface area contributed by atoms with Crippen LogP contribution < -0.4 is 4.74 Å². The average Bonchev–Trinajstić information content (AvgIpc) is 3.01. The predicted octanol–water partition coefficient (Wildman–Crippen LogP) is 5.25. The molecule has 1 aromatic carbocycles. The second-order valence-electron chi connectivity index (χ2n) is 6.31. The van der Waals surface area contributed by atoms with Crippen molar-refractivity contribution in [3.05, 3.63) is 53.2 Å². The lowest BCUT2D eigenvalue weighted by atomic mass is 10.2. The monoisotopic (exact) mass is 384 g/mol. The van der Waals surface area contributed by atoms with Gasteiger partial charge in [-0.2, -0.15) is 5.10 Å². The molecule has 0 aliphatic heterocycles. The van der Waals surface area contributed by atoms with E-state index in [9.17, 15) is 4.39 Å². The number of ether oxygens (including phenoxy) is 1. The molecule has 7 heteroatoms. The maximum absolute atomic E-state index is 14.7. The molecule has 0 atom stereocenters. The molecule has 0 saturated heterocycles. The Hall–Kier alpha value is -2.73. The number of fused-ring (bicyclic) bond motifs is 3. The van der Waals surface area contributed by atoms with Crippen LogP contribution in [0.2, 0.25) is 5.15 Å². The summed E-state index contributed by atoms with van der Waals surface area (Å²) in [6.07, 6.45) is 3.64. The molecule has 138 valence electrons. The van der Waals surface area contributed by atoms with Gasteiger partial charge in [-0.15, -0.1) is 0 Å². The lowest BCUT2D eigenvalue weighted by Crippen LogP contribution is -2.03. The van der Waals surface area contributed by atoms with Gasteiger partial charge in [-0.1, -0.05) is 24.9 Å². The minimum atomic E-state index is -0.403. The van der Waals surface area contributed by atoms with Crippen LogP contribution in [-0.4, -0.2) is 26.4 Å². The van der Waals surface area contributed by atoms with Crippen molar-refractivity contribution in [1.29, 1.82) is 0 Å². The zero-order chi connectivity index (χ0) is 19.0. The molecule has 0 saturated carbocycles. The Morgan fingerprint density at radius 3 is 2.93 bits per heavy atom. The van der Waals surface area contributed by atoms with Crippen molar-refractivity contribution in [2.45, 2.75) is 26.7 Å². The van der Waals surface area contributed by atoms with E-state index in [1.807, 2.05) is 13.0 Å². The van der Waals surface area contributed by atoms with E-state index in [0.717, 1.165) is 12.8 Å². The standard InChI is InChI=1S/C20H18ClFN4O/c1-3-4-10-27-13-7-8-14(22)16(11-13)26-19-17(12(2)25-26)20(21)24-15-6-5-9-23-18(15)19/h5-9,11H,3-4,10H2,1-2H3. The molecule has 3 heterocycles. The molecule has 5 nitrogen and oxygen atoms in total. The number of rotatable bonds is 5. The fourth-order valence-corrected chi connectivity index (χ4v) is 3.39. The van der Waals surface area contributed by atoms with Crippen LogP contribution in [0.15, 0.2) is 36.5 Å². The van der Waals surface area contributed by atoms with Crippen molar-refractivity contribution < 1.29 is 9.13 Å². The fraction of sp³-hybridized carbons (Fsp3) is 0.250. The maximum atomic E-state index is 14.7. The summed E-state index contributed by atoms with van der Waals surface area (Å²) in [6.45, 7) is 4.50. The van der Waals surface area contributed by atoms with Crippen molar-refractivity contribution in [2.24, 2.45) is 0 Å². The van der Waals surface area contributed by atoms with Crippen LogP contribution in [0.1, 0.15) is 25.5 Å². The molecule has 0 fully saturated rings. The third kappa shape index (κ3) is 3.10. The summed E-state index contributed by atoms with van der Waals surface area (Å²) in [5.74, 6) is 0.192.